The van der Waals surface area contributed by atoms with Crippen LogP contribution in [-0.2, 0) is 14.8 Å². The van der Waals surface area contributed by atoms with Gasteiger partial charge in [0.25, 0.3) is 0 Å². The highest BCUT2D eigenvalue weighted by Crippen LogP contribution is 2.15. The number of nitrogens with one attached hydrogen (secondary N) is 1. The van der Waals surface area contributed by atoms with Crippen LogP contribution in [0.4, 0.5) is 0 Å². The molecule has 1 N–H and O–H groups in total. The van der Waals surface area contributed by atoms with Crippen molar-refractivity contribution in [1.29, 1.82) is 0 Å². The minimum Gasteiger partial charge on any atom is -0.377 e. The molecule has 0 bridgehead atoms. The predicted molar refractivity (Wildman–Crippen MR) is 82.4 cm³/mol. The van der Waals surface area contributed by atoms with Gasteiger partial charge in [0.1, 0.15) is 0 Å². The summed E-state index contributed by atoms with van der Waals surface area (Å²) in [6.07, 6.45) is 3.72. The van der Waals surface area contributed by atoms with Crippen LogP contribution >= 0.6 is 0 Å². The molecule has 20 heavy (non-hydrogen) atoms. The highest BCUT2D eigenvalue weighted by molar-refractivity contribution is 7.89. The van der Waals surface area contributed by atoms with E-state index in [-0.39, 0.29) is 11.9 Å². The van der Waals surface area contributed by atoms with Crippen LogP contribution in [0.3, 0.4) is 0 Å². The van der Waals surface area contributed by atoms with Gasteiger partial charge in [-0.15, -0.1) is 0 Å². The van der Waals surface area contributed by atoms with Crippen molar-refractivity contribution in [2.45, 2.75) is 58.6 Å². The van der Waals surface area contributed by atoms with Crippen LogP contribution in [0, 0.1) is 0 Å². The zero-order valence-corrected chi connectivity index (χ0v) is 13.9. The summed E-state index contributed by atoms with van der Waals surface area (Å²) >= 11 is 0. The lowest BCUT2D eigenvalue weighted by Crippen LogP contribution is -2.38. The molecule has 0 spiro atoms. The molecule has 0 aliphatic carbocycles. The first-order chi connectivity index (χ1) is 9.45. The second-order valence-electron chi connectivity index (χ2n) is 5.72. The number of nitrogens with zero attached hydrogens (tertiary/aromatic N) is 1. The Morgan fingerprint density at radius 1 is 1.35 bits per heavy atom. The summed E-state index contributed by atoms with van der Waals surface area (Å²) in [5.41, 5.74) is 0. The average molecular weight is 306 g/mol. The lowest BCUT2D eigenvalue weighted by Gasteiger charge is -2.23. The molecule has 1 rings (SSSR count). The van der Waals surface area contributed by atoms with Crippen molar-refractivity contribution in [3.63, 3.8) is 0 Å². The first kappa shape index (κ1) is 17.9. The molecule has 5 nitrogen and oxygen atoms in total. The number of ether oxygens (including phenoxy) is 1. The molecule has 1 saturated heterocycles. The molecule has 0 aromatic carbocycles. The van der Waals surface area contributed by atoms with Crippen LogP contribution in [0.1, 0.15) is 46.5 Å². The van der Waals surface area contributed by atoms with Crippen molar-refractivity contribution in [1.82, 2.24) is 9.62 Å². The summed E-state index contributed by atoms with van der Waals surface area (Å²) < 4.78 is 31.7. The fourth-order valence-electron chi connectivity index (χ4n) is 2.38. The van der Waals surface area contributed by atoms with E-state index in [9.17, 15) is 8.42 Å². The van der Waals surface area contributed by atoms with E-state index in [0.29, 0.717) is 25.6 Å². The molecular weight excluding hydrogens is 276 g/mol. The van der Waals surface area contributed by atoms with E-state index in [1.54, 1.807) is 4.31 Å². The number of sulfonamides is 1. The maximum atomic E-state index is 12.3. The topological polar surface area (TPSA) is 58.6 Å². The van der Waals surface area contributed by atoms with Gasteiger partial charge in [0.2, 0.25) is 10.0 Å². The Morgan fingerprint density at radius 2 is 2.10 bits per heavy atom. The highest BCUT2D eigenvalue weighted by Gasteiger charge is 2.25. The SMILES string of the molecule is CCN(CC1CCCO1)S(=O)(=O)CCCCNC(C)C. The molecule has 0 aromatic rings. The molecule has 0 saturated carbocycles. The maximum absolute atomic E-state index is 12.3. The molecule has 0 amide bonds. The van der Waals surface area contributed by atoms with Crippen LogP contribution in [0.25, 0.3) is 0 Å². The van der Waals surface area contributed by atoms with E-state index < -0.39 is 10.0 Å². The fraction of sp³-hybridized carbons (Fsp3) is 1.00. The molecule has 1 fully saturated rings. The summed E-state index contributed by atoms with van der Waals surface area (Å²) in [6, 6.07) is 0.457. The summed E-state index contributed by atoms with van der Waals surface area (Å²) in [6.45, 7) is 8.78. The van der Waals surface area contributed by atoms with Gasteiger partial charge in [0.15, 0.2) is 0 Å². The third-order valence-electron chi connectivity index (χ3n) is 3.56. The van der Waals surface area contributed by atoms with Gasteiger partial charge in [-0.05, 0) is 32.2 Å². The zero-order valence-electron chi connectivity index (χ0n) is 13.1. The molecule has 0 radical (unpaired) electrons. The number of likely N-dealkylation sites (N-methyl/N-ethyl adjacent to an activating group) is 1. The van der Waals surface area contributed by atoms with Crippen LogP contribution < -0.4 is 5.32 Å². The van der Waals surface area contributed by atoms with E-state index in [4.69, 9.17) is 4.74 Å². The monoisotopic (exact) mass is 306 g/mol. The quantitative estimate of drug-likeness (QED) is 0.623. The Labute approximate surface area is 124 Å². The Bertz CT molecular complexity index is 351. The average Bonchev–Trinajstić information content (AvgIpc) is 2.87. The molecule has 120 valence electrons. The molecule has 1 aliphatic heterocycles. The number of hydrogen-bond acceptors (Lipinski definition) is 4. The van der Waals surface area contributed by atoms with Gasteiger partial charge >= 0.3 is 0 Å². The molecule has 1 atom stereocenters. The van der Waals surface area contributed by atoms with Crippen molar-refractivity contribution in [2.24, 2.45) is 0 Å². The summed E-state index contributed by atoms with van der Waals surface area (Å²) in [4.78, 5) is 0. The number of hydrogen-bond donors (Lipinski definition) is 1. The van der Waals surface area contributed by atoms with Crippen molar-refractivity contribution < 1.29 is 13.2 Å². The third-order valence-corrected chi connectivity index (χ3v) is 5.56. The summed E-state index contributed by atoms with van der Waals surface area (Å²) in [5.74, 6) is 0.243. The summed E-state index contributed by atoms with van der Waals surface area (Å²) in [7, 11) is -3.14. The van der Waals surface area contributed by atoms with E-state index in [2.05, 4.69) is 19.2 Å². The maximum Gasteiger partial charge on any atom is 0.214 e. The lowest BCUT2D eigenvalue weighted by atomic mass is 10.2. The van der Waals surface area contributed by atoms with Crippen molar-refractivity contribution in [3.05, 3.63) is 0 Å². The second-order valence-corrected chi connectivity index (χ2v) is 7.81. The molecular formula is C14H30N2O3S. The van der Waals surface area contributed by atoms with Crippen LogP contribution in [-0.4, -0.2) is 56.9 Å². The fourth-order valence-corrected chi connectivity index (χ4v) is 4.00. The van der Waals surface area contributed by atoms with E-state index in [0.717, 1.165) is 32.4 Å². The van der Waals surface area contributed by atoms with Crippen LogP contribution in [0.5, 0.6) is 0 Å². The van der Waals surface area contributed by atoms with Gasteiger partial charge in [-0.3, -0.25) is 0 Å². The largest absolute Gasteiger partial charge is 0.377 e. The van der Waals surface area contributed by atoms with E-state index in [1.165, 1.54) is 0 Å². The molecule has 1 aliphatic rings. The van der Waals surface area contributed by atoms with Crippen molar-refractivity contribution in [2.75, 3.05) is 32.0 Å². The Hall–Kier alpha value is -0.170. The smallest absolute Gasteiger partial charge is 0.214 e. The Balaban J connectivity index is 2.32. The van der Waals surface area contributed by atoms with Crippen LogP contribution in [0.15, 0.2) is 0 Å². The van der Waals surface area contributed by atoms with Gasteiger partial charge < -0.3 is 10.1 Å². The first-order valence-electron chi connectivity index (χ1n) is 7.78. The third kappa shape index (κ3) is 6.52. The predicted octanol–water partition coefficient (Wildman–Crippen LogP) is 1.60. The first-order valence-corrected chi connectivity index (χ1v) is 9.39. The van der Waals surface area contributed by atoms with Crippen LogP contribution in [0.2, 0.25) is 0 Å². The minimum atomic E-state index is -3.14. The van der Waals surface area contributed by atoms with Crippen molar-refractivity contribution in [3.8, 4) is 0 Å². The normalized spacial score (nSPS) is 20.1. The van der Waals surface area contributed by atoms with Gasteiger partial charge in [0.05, 0.1) is 11.9 Å². The number of unbranched alkanes of at least 4 members (excludes halogenated alkanes) is 1. The summed E-state index contributed by atoms with van der Waals surface area (Å²) in [5, 5.41) is 3.31. The molecule has 1 unspecified atom stereocenters. The molecule has 0 aromatic heterocycles. The van der Waals surface area contributed by atoms with Gasteiger partial charge in [-0.1, -0.05) is 20.8 Å². The van der Waals surface area contributed by atoms with E-state index in [1.807, 2.05) is 6.92 Å². The Morgan fingerprint density at radius 3 is 2.65 bits per heavy atom. The number of rotatable bonds is 10. The Kier molecular flexibility index (Phi) is 8.02. The van der Waals surface area contributed by atoms with Crippen molar-refractivity contribution >= 4 is 10.0 Å². The van der Waals surface area contributed by atoms with Gasteiger partial charge in [-0.2, -0.15) is 4.31 Å². The molecule has 1 heterocycles. The second kappa shape index (κ2) is 8.97. The van der Waals surface area contributed by atoms with Gasteiger partial charge in [0, 0.05) is 25.7 Å². The molecule has 6 heteroatoms. The lowest BCUT2D eigenvalue weighted by molar-refractivity contribution is 0.0947. The van der Waals surface area contributed by atoms with Gasteiger partial charge in [-0.25, -0.2) is 8.42 Å². The zero-order chi connectivity index (χ0) is 15.0. The highest BCUT2D eigenvalue weighted by atomic mass is 32.2. The standard InChI is InChI=1S/C14H30N2O3S/c1-4-16(12-14-8-7-10-19-14)20(17,18)11-6-5-9-15-13(2)3/h13-15H,4-12H2,1-3H3. The van der Waals surface area contributed by atoms with E-state index >= 15 is 0 Å². The minimum absolute atomic E-state index is 0.0901.